The number of carbonyl (C=O) groups is 1. The summed E-state index contributed by atoms with van der Waals surface area (Å²) in [5, 5.41) is 0. The summed E-state index contributed by atoms with van der Waals surface area (Å²) in [6, 6.07) is 10.8. The van der Waals surface area contributed by atoms with E-state index in [2.05, 4.69) is 53.6 Å². The fraction of sp³-hybridized carbons (Fsp3) is 0.364. The number of ether oxygens (including phenoxy) is 1. The van der Waals surface area contributed by atoms with Crippen molar-refractivity contribution in [1.82, 2.24) is 9.47 Å². The molecule has 2 saturated heterocycles. The summed E-state index contributed by atoms with van der Waals surface area (Å²) in [4.78, 5) is 17.2. The molecule has 1 amide bonds. The van der Waals surface area contributed by atoms with Crippen molar-refractivity contribution in [2.45, 2.75) is 20.8 Å². The standard InChI is InChI=1S/C22H25N3O2S2/c1-4-24-21(26)20(29-22(24)28)14-17-13-15(2)25(16(17)3)19-7-5-18(6-8-19)23-9-11-27-12-10-23/h5-8,13-14H,4,9-12H2,1-3H3/b20-14-. The molecule has 2 fully saturated rings. The molecule has 0 N–H and O–H groups in total. The fourth-order valence-corrected chi connectivity index (χ4v) is 5.25. The number of anilines is 1. The van der Waals surface area contributed by atoms with Crippen LogP contribution in [0.2, 0.25) is 0 Å². The first-order chi connectivity index (χ1) is 14.0. The van der Waals surface area contributed by atoms with E-state index in [0.29, 0.717) is 15.8 Å². The molecule has 2 aliphatic rings. The first-order valence-corrected chi connectivity index (χ1v) is 11.1. The highest BCUT2D eigenvalue weighted by molar-refractivity contribution is 8.26. The molecule has 1 aromatic carbocycles. The van der Waals surface area contributed by atoms with Crippen molar-refractivity contribution in [3.63, 3.8) is 0 Å². The third-order valence-electron chi connectivity index (χ3n) is 5.43. The summed E-state index contributed by atoms with van der Waals surface area (Å²) >= 11 is 6.71. The summed E-state index contributed by atoms with van der Waals surface area (Å²) in [6.07, 6.45) is 1.97. The third-order valence-corrected chi connectivity index (χ3v) is 6.81. The lowest BCUT2D eigenvalue weighted by Crippen LogP contribution is -2.36. The Labute approximate surface area is 181 Å². The second kappa shape index (κ2) is 8.34. The van der Waals surface area contributed by atoms with Gasteiger partial charge in [0.2, 0.25) is 0 Å². The Bertz CT molecular complexity index is 973. The summed E-state index contributed by atoms with van der Waals surface area (Å²) < 4.78 is 8.31. The number of morpholine rings is 1. The van der Waals surface area contributed by atoms with Gasteiger partial charge < -0.3 is 14.2 Å². The van der Waals surface area contributed by atoms with E-state index in [4.69, 9.17) is 17.0 Å². The van der Waals surface area contributed by atoms with E-state index in [9.17, 15) is 4.79 Å². The van der Waals surface area contributed by atoms with E-state index in [1.807, 2.05) is 13.0 Å². The van der Waals surface area contributed by atoms with Gasteiger partial charge in [-0.1, -0.05) is 24.0 Å². The highest BCUT2D eigenvalue weighted by atomic mass is 32.2. The number of thioether (sulfide) groups is 1. The molecule has 1 aromatic heterocycles. The summed E-state index contributed by atoms with van der Waals surface area (Å²) in [7, 11) is 0. The molecule has 0 bridgehead atoms. The molecule has 2 aromatic rings. The van der Waals surface area contributed by atoms with Crippen LogP contribution in [0.1, 0.15) is 23.9 Å². The van der Waals surface area contributed by atoms with Gasteiger partial charge in [0, 0.05) is 42.4 Å². The number of benzene rings is 1. The zero-order chi connectivity index (χ0) is 20.5. The lowest BCUT2D eigenvalue weighted by atomic mass is 10.2. The number of carbonyl (C=O) groups excluding carboxylic acids is 1. The van der Waals surface area contributed by atoms with Gasteiger partial charge in [-0.15, -0.1) is 0 Å². The van der Waals surface area contributed by atoms with Crippen molar-refractivity contribution < 1.29 is 9.53 Å². The van der Waals surface area contributed by atoms with Gasteiger partial charge in [0.05, 0.1) is 18.1 Å². The van der Waals surface area contributed by atoms with Crippen LogP contribution in [0.4, 0.5) is 5.69 Å². The number of aryl methyl sites for hydroxylation is 1. The largest absolute Gasteiger partial charge is 0.378 e. The molecule has 152 valence electrons. The minimum absolute atomic E-state index is 0.00201. The monoisotopic (exact) mass is 427 g/mol. The van der Waals surface area contributed by atoms with Crippen LogP contribution in [0.25, 0.3) is 11.8 Å². The number of hydrogen-bond donors (Lipinski definition) is 0. The quantitative estimate of drug-likeness (QED) is 0.541. The van der Waals surface area contributed by atoms with Crippen molar-refractivity contribution in [2.75, 3.05) is 37.7 Å². The number of thiocarbonyl (C=S) groups is 1. The molecule has 0 aliphatic carbocycles. The minimum atomic E-state index is 0.00201. The molecule has 2 aliphatic heterocycles. The maximum atomic E-state index is 12.5. The van der Waals surface area contributed by atoms with Gasteiger partial charge in [-0.3, -0.25) is 9.69 Å². The van der Waals surface area contributed by atoms with Crippen molar-refractivity contribution >= 4 is 46.0 Å². The Balaban J connectivity index is 1.62. The average Bonchev–Trinajstić information content (AvgIpc) is 3.17. The number of amides is 1. The SMILES string of the molecule is CCN1C(=O)/C(=C/c2cc(C)n(-c3ccc(N4CCOCC4)cc3)c2C)SC1=S. The Kier molecular flexibility index (Phi) is 5.81. The van der Waals surface area contributed by atoms with Crippen molar-refractivity contribution in [2.24, 2.45) is 0 Å². The van der Waals surface area contributed by atoms with E-state index >= 15 is 0 Å². The van der Waals surface area contributed by atoms with Crippen LogP contribution < -0.4 is 4.90 Å². The lowest BCUT2D eigenvalue weighted by molar-refractivity contribution is -0.121. The summed E-state index contributed by atoms with van der Waals surface area (Å²) in [6.45, 7) is 10.2. The van der Waals surface area contributed by atoms with Gasteiger partial charge >= 0.3 is 0 Å². The number of likely N-dealkylation sites (N-methyl/N-ethyl adjacent to an activating group) is 1. The van der Waals surface area contributed by atoms with E-state index in [1.54, 1.807) is 4.90 Å². The second-order valence-corrected chi connectivity index (χ2v) is 8.88. The van der Waals surface area contributed by atoms with Crippen LogP contribution in [0.15, 0.2) is 35.2 Å². The topological polar surface area (TPSA) is 37.7 Å². The Morgan fingerprint density at radius 2 is 1.79 bits per heavy atom. The number of hydrogen-bond acceptors (Lipinski definition) is 5. The van der Waals surface area contributed by atoms with E-state index in [-0.39, 0.29) is 5.91 Å². The van der Waals surface area contributed by atoms with E-state index in [1.165, 1.54) is 17.4 Å². The highest BCUT2D eigenvalue weighted by Crippen LogP contribution is 2.34. The van der Waals surface area contributed by atoms with Gasteiger partial charge in [-0.05, 0) is 62.7 Å². The van der Waals surface area contributed by atoms with Crippen LogP contribution >= 0.6 is 24.0 Å². The molecule has 0 radical (unpaired) electrons. The zero-order valence-corrected chi connectivity index (χ0v) is 18.6. The first-order valence-electron chi connectivity index (χ1n) is 9.87. The molecule has 0 unspecified atom stereocenters. The minimum Gasteiger partial charge on any atom is -0.378 e. The van der Waals surface area contributed by atoms with Crippen molar-refractivity contribution in [3.05, 3.63) is 52.2 Å². The van der Waals surface area contributed by atoms with Gasteiger partial charge in [0.1, 0.15) is 4.32 Å². The van der Waals surface area contributed by atoms with E-state index < -0.39 is 0 Å². The normalized spacial score (nSPS) is 18.9. The molecule has 29 heavy (non-hydrogen) atoms. The maximum Gasteiger partial charge on any atom is 0.266 e. The number of rotatable bonds is 4. The van der Waals surface area contributed by atoms with Crippen molar-refractivity contribution in [1.29, 1.82) is 0 Å². The van der Waals surface area contributed by atoms with Gasteiger partial charge in [-0.2, -0.15) is 0 Å². The van der Waals surface area contributed by atoms with Gasteiger partial charge in [-0.25, -0.2) is 0 Å². The predicted molar refractivity (Wildman–Crippen MR) is 124 cm³/mol. The van der Waals surface area contributed by atoms with E-state index in [0.717, 1.165) is 48.9 Å². The number of nitrogens with zero attached hydrogens (tertiary/aromatic N) is 3. The van der Waals surface area contributed by atoms with Crippen LogP contribution in [0.5, 0.6) is 0 Å². The van der Waals surface area contributed by atoms with Gasteiger partial charge in [0.15, 0.2) is 0 Å². The molecule has 0 spiro atoms. The Morgan fingerprint density at radius 1 is 1.14 bits per heavy atom. The highest BCUT2D eigenvalue weighted by Gasteiger charge is 2.31. The molecule has 4 rings (SSSR count). The second-order valence-electron chi connectivity index (χ2n) is 7.20. The smallest absolute Gasteiger partial charge is 0.266 e. The molecule has 7 heteroatoms. The zero-order valence-electron chi connectivity index (χ0n) is 17.0. The third kappa shape index (κ3) is 3.86. The fourth-order valence-electron chi connectivity index (χ4n) is 3.88. The Morgan fingerprint density at radius 3 is 2.41 bits per heavy atom. The maximum absolute atomic E-state index is 12.5. The van der Waals surface area contributed by atoms with Crippen LogP contribution in [0, 0.1) is 13.8 Å². The van der Waals surface area contributed by atoms with Gasteiger partial charge in [0.25, 0.3) is 5.91 Å². The predicted octanol–water partition coefficient (Wildman–Crippen LogP) is 4.15. The molecule has 3 heterocycles. The Hall–Kier alpha value is -2.09. The lowest BCUT2D eigenvalue weighted by Gasteiger charge is -2.29. The molecular formula is C22H25N3O2S2. The number of aromatic nitrogens is 1. The molecule has 0 saturated carbocycles. The summed E-state index contributed by atoms with van der Waals surface area (Å²) in [5.74, 6) is 0.00201. The first kappa shape index (κ1) is 20.2. The molecule has 0 atom stereocenters. The molecule has 5 nitrogen and oxygen atoms in total. The van der Waals surface area contributed by atoms with Crippen LogP contribution in [0.3, 0.4) is 0 Å². The average molecular weight is 428 g/mol. The van der Waals surface area contributed by atoms with Crippen molar-refractivity contribution in [3.8, 4) is 5.69 Å². The van der Waals surface area contributed by atoms with Crippen LogP contribution in [-0.2, 0) is 9.53 Å². The van der Waals surface area contributed by atoms with Crippen LogP contribution in [-0.4, -0.2) is 52.5 Å². The summed E-state index contributed by atoms with van der Waals surface area (Å²) in [5.41, 5.74) is 5.65. The molecular weight excluding hydrogens is 402 g/mol.